The minimum Gasteiger partial charge on any atom is -0.550 e. The van der Waals surface area contributed by atoms with Gasteiger partial charge in [-0.2, -0.15) is 0 Å². The summed E-state index contributed by atoms with van der Waals surface area (Å²) in [5.41, 5.74) is 0.781. The van der Waals surface area contributed by atoms with Crippen molar-refractivity contribution in [2.24, 2.45) is 0 Å². The lowest BCUT2D eigenvalue weighted by Gasteiger charge is -2.21. The van der Waals surface area contributed by atoms with E-state index in [9.17, 15) is 14.7 Å². The summed E-state index contributed by atoms with van der Waals surface area (Å²) in [6.07, 6.45) is -0.414. The molecule has 2 aromatic carbocycles. The van der Waals surface area contributed by atoms with E-state index in [1.807, 2.05) is 0 Å². The number of hydrogen-bond donors (Lipinski definition) is 1. The van der Waals surface area contributed by atoms with Crippen molar-refractivity contribution < 1.29 is 24.2 Å². The zero-order valence-electron chi connectivity index (χ0n) is 14.0. The number of hydrogen-bond acceptors (Lipinski definition) is 5. The number of carboxylic acid groups (broad SMARTS) is 1. The van der Waals surface area contributed by atoms with Crippen LogP contribution in [0.4, 0.5) is 0 Å². The van der Waals surface area contributed by atoms with Gasteiger partial charge in [0, 0.05) is 18.0 Å². The number of carboxylic acids is 1. The van der Waals surface area contributed by atoms with Crippen molar-refractivity contribution in [1.82, 2.24) is 5.32 Å². The van der Waals surface area contributed by atoms with Crippen molar-refractivity contribution in [2.75, 3.05) is 14.2 Å². The number of halogens is 2. The number of ether oxygens (including phenoxy) is 2. The maximum Gasteiger partial charge on any atom is 0.251 e. The van der Waals surface area contributed by atoms with E-state index in [-0.39, 0.29) is 10.6 Å². The largest absolute Gasteiger partial charge is 0.550 e. The Hall–Kier alpha value is -2.44. The number of carbonyl (C=O) groups excluding carboxylic acids is 2. The number of methoxy groups -OCH3 is 2. The molecule has 0 saturated heterocycles. The molecule has 0 radical (unpaired) electrons. The highest BCUT2D eigenvalue weighted by atomic mass is 35.5. The maximum absolute atomic E-state index is 12.5. The van der Waals surface area contributed by atoms with Gasteiger partial charge in [-0.3, -0.25) is 4.79 Å². The number of carbonyl (C=O) groups is 2. The second kappa shape index (κ2) is 8.78. The Morgan fingerprint density at radius 3 is 2.31 bits per heavy atom. The lowest BCUT2D eigenvalue weighted by Crippen LogP contribution is -2.34. The summed E-state index contributed by atoms with van der Waals surface area (Å²) in [4.78, 5) is 23.6. The van der Waals surface area contributed by atoms with Gasteiger partial charge in [-0.05, 0) is 35.9 Å². The van der Waals surface area contributed by atoms with Gasteiger partial charge in [0.05, 0.1) is 30.3 Å². The second-order valence-corrected chi connectivity index (χ2v) is 6.16. The van der Waals surface area contributed by atoms with Crippen molar-refractivity contribution in [2.45, 2.75) is 12.5 Å². The van der Waals surface area contributed by atoms with Crippen LogP contribution in [-0.2, 0) is 4.79 Å². The summed E-state index contributed by atoms with van der Waals surface area (Å²) in [7, 11) is 2.95. The highest BCUT2D eigenvalue weighted by Gasteiger charge is 2.19. The topological polar surface area (TPSA) is 87.7 Å². The van der Waals surface area contributed by atoms with Crippen molar-refractivity contribution in [3.63, 3.8) is 0 Å². The van der Waals surface area contributed by atoms with Crippen LogP contribution in [0.2, 0.25) is 10.0 Å². The van der Waals surface area contributed by atoms with Crippen LogP contribution in [0.25, 0.3) is 0 Å². The fraction of sp³-hybridized carbons (Fsp3) is 0.222. The number of aliphatic carboxylic acids is 1. The van der Waals surface area contributed by atoms with E-state index >= 15 is 0 Å². The van der Waals surface area contributed by atoms with Crippen LogP contribution in [0.3, 0.4) is 0 Å². The van der Waals surface area contributed by atoms with Crippen molar-refractivity contribution in [1.29, 1.82) is 0 Å². The van der Waals surface area contributed by atoms with Crippen LogP contribution < -0.4 is 19.9 Å². The van der Waals surface area contributed by atoms with E-state index in [0.717, 1.165) is 0 Å². The van der Waals surface area contributed by atoms with Crippen LogP contribution >= 0.6 is 23.2 Å². The summed E-state index contributed by atoms with van der Waals surface area (Å²) >= 11 is 11.8. The summed E-state index contributed by atoms with van der Waals surface area (Å²) in [6.45, 7) is 0. The van der Waals surface area contributed by atoms with Crippen LogP contribution in [0.1, 0.15) is 28.4 Å². The molecule has 0 saturated carbocycles. The first-order valence-electron chi connectivity index (χ1n) is 7.53. The normalized spacial score (nSPS) is 11.5. The van der Waals surface area contributed by atoms with Gasteiger partial charge in [0.2, 0.25) is 0 Å². The fourth-order valence-electron chi connectivity index (χ4n) is 2.37. The molecule has 1 atom stereocenters. The summed E-state index contributed by atoms with van der Waals surface area (Å²) in [5.74, 6) is -0.903. The highest BCUT2D eigenvalue weighted by molar-refractivity contribution is 6.42. The Labute approximate surface area is 160 Å². The lowest BCUT2D eigenvalue weighted by atomic mass is 10.0. The summed E-state index contributed by atoms with van der Waals surface area (Å²) in [6, 6.07) is 8.43. The van der Waals surface area contributed by atoms with Crippen molar-refractivity contribution in [3.05, 3.63) is 57.6 Å². The van der Waals surface area contributed by atoms with Gasteiger partial charge in [0.25, 0.3) is 5.91 Å². The Kier molecular flexibility index (Phi) is 6.71. The molecule has 1 N–H and O–H groups in total. The Morgan fingerprint density at radius 1 is 1.04 bits per heavy atom. The SMILES string of the molecule is COc1ccc(C(CC(=O)[O-])NC(=O)c2ccc(Cl)c(Cl)c2)cc1OC. The van der Waals surface area contributed by atoms with Gasteiger partial charge in [0.1, 0.15) is 0 Å². The third-order valence-corrected chi connectivity index (χ3v) is 4.41. The van der Waals surface area contributed by atoms with Gasteiger partial charge in [-0.15, -0.1) is 0 Å². The molecule has 2 rings (SSSR count). The van der Waals surface area contributed by atoms with Gasteiger partial charge >= 0.3 is 0 Å². The molecule has 0 aliphatic heterocycles. The number of nitrogens with one attached hydrogen (secondary N) is 1. The standard InChI is InChI=1S/C18H17Cl2NO5/c1-25-15-6-4-10(8-16(15)26-2)14(9-17(22)23)21-18(24)11-3-5-12(19)13(20)7-11/h3-8,14H,9H2,1-2H3,(H,21,24)(H,22,23)/p-1. The average molecular weight is 397 g/mol. The van der Waals surface area contributed by atoms with Gasteiger partial charge in [-0.25, -0.2) is 0 Å². The van der Waals surface area contributed by atoms with Crippen LogP contribution in [0.15, 0.2) is 36.4 Å². The minimum atomic E-state index is -1.31. The molecule has 6 nitrogen and oxygen atoms in total. The fourth-order valence-corrected chi connectivity index (χ4v) is 2.67. The summed E-state index contributed by atoms with van der Waals surface area (Å²) < 4.78 is 10.4. The molecule has 0 aliphatic carbocycles. The van der Waals surface area contributed by atoms with Gasteiger partial charge in [0.15, 0.2) is 11.5 Å². The average Bonchev–Trinajstić information content (AvgIpc) is 2.62. The molecule has 0 spiro atoms. The molecular weight excluding hydrogens is 381 g/mol. The van der Waals surface area contributed by atoms with Crippen molar-refractivity contribution >= 4 is 35.1 Å². The summed E-state index contributed by atoms with van der Waals surface area (Å²) in [5, 5.41) is 14.3. The van der Waals surface area contributed by atoms with E-state index in [4.69, 9.17) is 32.7 Å². The molecule has 1 amide bonds. The van der Waals surface area contributed by atoms with Crippen LogP contribution in [0.5, 0.6) is 11.5 Å². The van der Waals surface area contributed by atoms with Crippen LogP contribution in [0, 0.1) is 0 Å². The molecular formula is C18H16Cl2NO5-. The number of amides is 1. The molecule has 1 unspecified atom stereocenters. The molecule has 8 heteroatoms. The first kappa shape index (κ1) is 19.9. The molecule has 0 aliphatic rings. The molecule has 0 bridgehead atoms. The zero-order valence-corrected chi connectivity index (χ0v) is 15.6. The first-order valence-corrected chi connectivity index (χ1v) is 8.29. The maximum atomic E-state index is 12.5. The third kappa shape index (κ3) is 4.80. The van der Waals surface area contributed by atoms with E-state index in [2.05, 4.69) is 5.32 Å². The highest BCUT2D eigenvalue weighted by Crippen LogP contribution is 2.31. The van der Waals surface area contributed by atoms with E-state index in [1.54, 1.807) is 18.2 Å². The zero-order chi connectivity index (χ0) is 19.3. The predicted molar refractivity (Wildman–Crippen MR) is 95.8 cm³/mol. The molecule has 0 fully saturated rings. The van der Waals surface area contributed by atoms with Gasteiger partial charge in [-0.1, -0.05) is 29.3 Å². The Balaban J connectivity index is 2.31. The van der Waals surface area contributed by atoms with Crippen molar-refractivity contribution in [3.8, 4) is 11.5 Å². The quantitative estimate of drug-likeness (QED) is 0.776. The van der Waals surface area contributed by atoms with Gasteiger partial charge < -0.3 is 24.7 Å². The van der Waals surface area contributed by atoms with E-state index < -0.39 is 24.3 Å². The second-order valence-electron chi connectivity index (χ2n) is 5.35. The lowest BCUT2D eigenvalue weighted by molar-refractivity contribution is -0.306. The third-order valence-electron chi connectivity index (χ3n) is 3.67. The van der Waals surface area contributed by atoms with E-state index in [0.29, 0.717) is 22.1 Å². The van der Waals surface area contributed by atoms with Crippen LogP contribution in [-0.4, -0.2) is 26.1 Å². The smallest absolute Gasteiger partial charge is 0.251 e. The molecule has 2 aromatic rings. The predicted octanol–water partition coefficient (Wildman–Crippen LogP) is 2.62. The number of rotatable bonds is 7. The molecule has 0 heterocycles. The number of benzene rings is 2. The monoisotopic (exact) mass is 396 g/mol. The Morgan fingerprint density at radius 2 is 1.73 bits per heavy atom. The molecule has 26 heavy (non-hydrogen) atoms. The first-order chi connectivity index (χ1) is 12.3. The molecule has 138 valence electrons. The Bertz CT molecular complexity index is 825. The molecule has 0 aromatic heterocycles. The minimum absolute atomic E-state index is 0.224. The van der Waals surface area contributed by atoms with E-state index in [1.165, 1.54) is 32.4 Å².